The molecular weight excluding hydrogens is 348 g/mol. The molecular formula is C20H30N2O5. The molecule has 0 spiro atoms. The van der Waals surface area contributed by atoms with Gasteiger partial charge in [-0.2, -0.15) is 0 Å². The van der Waals surface area contributed by atoms with Crippen molar-refractivity contribution in [2.45, 2.75) is 27.7 Å². The van der Waals surface area contributed by atoms with E-state index in [2.05, 4.69) is 5.32 Å². The summed E-state index contributed by atoms with van der Waals surface area (Å²) in [6.07, 6.45) is 6.52. The van der Waals surface area contributed by atoms with Gasteiger partial charge in [0.15, 0.2) is 11.5 Å². The Kier molecular flexibility index (Phi) is 11.9. The van der Waals surface area contributed by atoms with Crippen LogP contribution >= 0.6 is 0 Å². The first kappa shape index (κ1) is 24.1. The van der Waals surface area contributed by atoms with E-state index in [0.717, 1.165) is 17.0 Å². The summed E-state index contributed by atoms with van der Waals surface area (Å²) in [6.45, 7) is 7.71. The SMILES string of the molecule is C/C=C(/C=C/C(=O)NO)C(=C/C)\Nc1cc(OC)c(OC)c(OC)c1.CC. The van der Waals surface area contributed by atoms with Crippen LogP contribution < -0.4 is 25.0 Å². The Hall–Kier alpha value is -2.93. The van der Waals surface area contributed by atoms with Crippen LogP contribution in [-0.2, 0) is 4.79 Å². The van der Waals surface area contributed by atoms with Gasteiger partial charge in [-0.1, -0.05) is 26.0 Å². The number of carbonyl (C=O) groups excluding carboxylic acids is 1. The molecule has 0 fully saturated rings. The number of benzene rings is 1. The van der Waals surface area contributed by atoms with Crippen LogP contribution in [0.15, 0.2) is 47.7 Å². The monoisotopic (exact) mass is 378 g/mol. The maximum absolute atomic E-state index is 11.2. The highest BCUT2D eigenvalue weighted by molar-refractivity contribution is 5.87. The quantitative estimate of drug-likeness (QED) is 0.274. The zero-order chi connectivity index (χ0) is 20.8. The largest absolute Gasteiger partial charge is 0.493 e. The highest BCUT2D eigenvalue weighted by Gasteiger charge is 2.14. The molecule has 0 atom stereocenters. The molecule has 1 rings (SSSR count). The zero-order valence-corrected chi connectivity index (χ0v) is 17.0. The maximum Gasteiger partial charge on any atom is 0.267 e. The number of carbonyl (C=O) groups is 1. The molecule has 0 saturated heterocycles. The lowest BCUT2D eigenvalue weighted by molar-refractivity contribution is -0.124. The molecule has 3 N–H and O–H groups in total. The van der Waals surface area contributed by atoms with Gasteiger partial charge >= 0.3 is 0 Å². The van der Waals surface area contributed by atoms with E-state index in [-0.39, 0.29) is 0 Å². The first-order chi connectivity index (χ1) is 13.0. The molecule has 7 nitrogen and oxygen atoms in total. The molecule has 1 aromatic carbocycles. The van der Waals surface area contributed by atoms with Gasteiger partial charge in [-0.3, -0.25) is 10.0 Å². The van der Waals surface area contributed by atoms with Crippen molar-refractivity contribution < 1.29 is 24.2 Å². The van der Waals surface area contributed by atoms with Crippen LogP contribution in [0.25, 0.3) is 0 Å². The van der Waals surface area contributed by atoms with E-state index < -0.39 is 5.91 Å². The van der Waals surface area contributed by atoms with Crippen LogP contribution in [0.5, 0.6) is 17.2 Å². The highest BCUT2D eigenvalue weighted by atomic mass is 16.5. The van der Waals surface area contributed by atoms with Crippen LogP contribution in [0.4, 0.5) is 5.69 Å². The number of allylic oxidation sites excluding steroid dienone is 3. The van der Waals surface area contributed by atoms with Gasteiger partial charge in [0.05, 0.1) is 21.3 Å². The average molecular weight is 378 g/mol. The number of ether oxygens (including phenoxy) is 3. The molecule has 0 aliphatic heterocycles. The summed E-state index contributed by atoms with van der Waals surface area (Å²) in [7, 11) is 4.64. The van der Waals surface area contributed by atoms with Crippen molar-refractivity contribution in [3.05, 3.63) is 47.7 Å². The normalized spacial score (nSPS) is 11.4. The summed E-state index contributed by atoms with van der Waals surface area (Å²) >= 11 is 0. The van der Waals surface area contributed by atoms with Crippen LogP contribution in [0.3, 0.4) is 0 Å². The minimum absolute atomic E-state index is 0.503. The van der Waals surface area contributed by atoms with E-state index in [0.29, 0.717) is 17.2 Å². The van der Waals surface area contributed by atoms with Crippen molar-refractivity contribution in [1.29, 1.82) is 0 Å². The lowest BCUT2D eigenvalue weighted by atomic mass is 10.1. The van der Waals surface area contributed by atoms with Crippen LogP contribution in [0.2, 0.25) is 0 Å². The molecule has 1 amide bonds. The van der Waals surface area contributed by atoms with Crippen molar-refractivity contribution >= 4 is 11.6 Å². The molecule has 0 saturated carbocycles. The Morgan fingerprint density at radius 2 is 1.52 bits per heavy atom. The number of anilines is 1. The summed E-state index contributed by atoms with van der Waals surface area (Å²) in [4.78, 5) is 11.2. The van der Waals surface area contributed by atoms with E-state index in [1.807, 2.05) is 39.8 Å². The zero-order valence-electron chi connectivity index (χ0n) is 17.0. The van der Waals surface area contributed by atoms with Gasteiger partial charge in [-0.05, 0) is 25.5 Å². The third-order valence-electron chi connectivity index (χ3n) is 3.38. The van der Waals surface area contributed by atoms with Gasteiger partial charge in [-0.15, -0.1) is 0 Å². The molecule has 27 heavy (non-hydrogen) atoms. The van der Waals surface area contributed by atoms with E-state index >= 15 is 0 Å². The number of hydroxylamine groups is 1. The highest BCUT2D eigenvalue weighted by Crippen LogP contribution is 2.40. The second kappa shape index (κ2) is 13.3. The smallest absolute Gasteiger partial charge is 0.267 e. The van der Waals surface area contributed by atoms with Gasteiger partial charge in [0, 0.05) is 29.6 Å². The summed E-state index contributed by atoms with van der Waals surface area (Å²) in [5.74, 6) is 0.944. The van der Waals surface area contributed by atoms with Crippen LogP contribution in [0.1, 0.15) is 27.7 Å². The number of nitrogens with one attached hydrogen (secondary N) is 2. The number of rotatable bonds is 8. The third-order valence-corrected chi connectivity index (χ3v) is 3.38. The van der Waals surface area contributed by atoms with E-state index in [1.165, 1.54) is 6.08 Å². The van der Waals surface area contributed by atoms with Crippen LogP contribution in [0, 0.1) is 0 Å². The van der Waals surface area contributed by atoms with Crippen molar-refractivity contribution in [1.82, 2.24) is 5.48 Å². The molecule has 0 heterocycles. The second-order valence-corrected chi connectivity index (χ2v) is 4.79. The standard InChI is InChI=1S/C18H24N2O5.C2H6/c1-6-12(8-9-17(21)20-22)14(7-2)19-13-10-15(23-3)18(25-5)16(11-13)24-4;1-2/h6-11,19,22H,1-5H3,(H,20,21);1-2H3/b9-8+,12-6-,14-7+;. The number of methoxy groups -OCH3 is 3. The molecule has 0 radical (unpaired) electrons. The summed E-state index contributed by atoms with van der Waals surface area (Å²) < 4.78 is 16.0. The Labute approximate surface area is 161 Å². The van der Waals surface area contributed by atoms with Crippen molar-refractivity contribution in [3.63, 3.8) is 0 Å². The average Bonchev–Trinajstić information content (AvgIpc) is 2.73. The molecule has 7 heteroatoms. The Balaban J connectivity index is 0.00000326. The minimum atomic E-state index is -0.609. The molecule has 150 valence electrons. The first-order valence-corrected chi connectivity index (χ1v) is 8.56. The van der Waals surface area contributed by atoms with E-state index in [9.17, 15) is 4.79 Å². The summed E-state index contributed by atoms with van der Waals surface area (Å²) in [5.41, 5.74) is 3.80. The Morgan fingerprint density at radius 1 is 0.963 bits per heavy atom. The summed E-state index contributed by atoms with van der Waals surface area (Å²) in [6, 6.07) is 3.56. The van der Waals surface area contributed by atoms with Gasteiger partial charge in [0.25, 0.3) is 5.91 Å². The van der Waals surface area contributed by atoms with Crippen molar-refractivity contribution in [2.24, 2.45) is 0 Å². The predicted octanol–water partition coefficient (Wildman–Crippen LogP) is 4.06. The predicted molar refractivity (Wildman–Crippen MR) is 108 cm³/mol. The number of hydrogen-bond donors (Lipinski definition) is 3. The molecule has 0 aromatic heterocycles. The minimum Gasteiger partial charge on any atom is -0.493 e. The number of amides is 1. The van der Waals surface area contributed by atoms with E-state index in [1.54, 1.807) is 45.0 Å². The van der Waals surface area contributed by atoms with Gasteiger partial charge in [0.2, 0.25) is 5.75 Å². The Morgan fingerprint density at radius 3 is 1.89 bits per heavy atom. The molecule has 0 aliphatic carbocycles. The first-order valence-electron chi connectivity index (χ1n) is 8.56. The fourth-order valence-corrected chi connectivity index (χ4v) is 2.16. The third kappa shape index (κ3) is 7.07. The fourth-order valence-electron chi connectivity index (χ4n) is 2.16. The lowest BCUT2D eigenvalue weighted by Crippen LogP contribution is -2.15. The van der Waals surface area contributed by atoms with Crippen molar-refractivity contribution in [3.8, 4) is 17.2 Å². The maximum atomic E-state index is 11.2. The van der Waals surface area contributed by atoms with Crippen molar-refractivity contribution in [2.75, 3.05) is 26.6 Å². The summed E-state index contributed by atoms with van der Waals surface area (Å²) in [5, 5.41) is 11.8. The molecule has 0 aliphatic rings. The van der Waals surface area contributed by atoms with Gasteiger partial charge < -0.3 is 19.5 Å². The fraction of sp³-hybridized carbons (Fsp3) is 0.350. The van der Waals surface area contributed by atoms with Gasteiger partial charge in [0.1, 0.15) is 0 Å². The van der Waals surface area contributed by atoms with Gasteiger partial charge in [-0.25, -0.2) is 5.48 Å². The second-order valence-electron chi connectivity index (χ2n) is 4.79. The molecule has 1 aromatic rings. The van der Waals surface area contributed by atoms with Crippen LogP contribution in [-0.4, -0.2) is 32.4 Å². The number of hydrogen-bond acceptors (Lipinski definition) is 6. The molecule has 0 bridgehead atoms. The van der Waals surface area contributed by atoms with E-state index in [4.69, 9.17) is 19.4 Å². The Bertz CT molecular complexity index is 669. The lowest BCUT2D eigenvalue weighted by Gasteiger charge is -2.17. The molecule has 0 unspecified atom stereocenters. The topological polar surface area (TPSA) is 89.1 Å².